The van der Waals surface area contributed by atoms with Crippen LogP contribution in [0.4, 0.5) is 0 Å². The molecule has 3 aliphatic rings. The summed E-state index contributed by atoms with van der Waals surface area (Å²) < 4.78 is 27.7. The predicted octanol–water partition coefficient (Wildman–Crippen LogP) is 2.37. The number of rotatable bonds is 4. The second-order valence-electron chi connectivity index (χ2n) is 9.39. The van der Waals surface area contributed by atoms with Crippen molar-refractivity contribution in [3.63, 3.8) is 0 Å². The highest BCUT2D eigenvalue weighted by atomic mass is 32.2. The van der Waals surface area contributed by atoms with Crippen molar-refractivity contribution in [3.8, 4) is 0 Å². The molecule has 0 aliphatic carbocycles. The lowest BCUT2D eigenvalue weighted by molar-refractivity contribution is -0.136. The van der Waals surface area contributed by atoms with E-state index in [0.717, 1.165) is 24.8 Å². The van der Waals surface area contributed by atoms with E-state index in [9.17, 15) is 18.0 Å². The van der Waals surface area contributed by atoms with Crippen molar-refractivity contribution in [3.05, 3.63) is 47.6 Å². The van der Waals surface area contributed by atoms with Crippen molar-refractivity contribution in [1.29, 1.82) is 0 Å². The summed E-state index contributed by atoms with van der Waals surface area (Å²) in [4.78, 5) is 33.8. The molecule has 10 heteroatoms. The third kappa shape index (κ3) is 3.98. The number of sulfonamides is 1. The maximum absolute atomic E-state index is 13.5. The number of amides is 2. The normalized spacial score (nSPS) is 25.8. The number of piperidine rings is 1. The molecule has 3 fully saturated rings. The minimum Gasteiger partial charge on any atom is -0.342 e. The Morgan fingerprint density at radius 1 is 1.15 bits per heavy atom. The van der Waals surface area contributed by atoms with Crippen molar-refractivity contribution in [2.24, 2.45) is 11.3 Å². The van der Waals surface area contributed by atoms with Crippen molar-refractivity contribution >= 4 is 33.2 Å². The first kappa shape index (κ1) is 22.5. The van der Waals surface area contributed by atoms with E-state index in [-0.39, 0.29) is 29.7 Å². The largest absolute Gasteiger partial charge is 0.342 e. The number of thiophene rings is 1. The Hall–Kier alpha value is -2.30. The van der Waals surface area contributed by atoms with Gasteiger partial charge in [-0.05, 0) is 47.8 Å². The number of likely N-dealkylation sites (tertiary alicyclic amines) is 2. The number of pyridine rings is 1. The molecular formula is C23H28N4O4S2. The Morgan fingerprint density at radius 3 is 2.58 bits per heavy atom. The van der Waals surface area contributed by atoms with Gasteiger partial charge in [0.2, 0.25) is 11.8 Å². The minimum atomic E-state index is -3.44. The summed E-state index contributed by atoms with van der Waals surface area (Å²) in [6, 6.07) is 6.86. The number of hydrogen-bond donors (Lipinski definition) is 0. The zero-order chi connectivity index (χ0) is 23.2. The van der Waals surface area contributed by atoms with Gasteiger partial charge in [0.15, 0.2) is 0 Å². The highest BCUT2D eigenvalue weighted by Crippen LogP contribution is 2.44. The molecule has 3 saturated heterocycles. The molecule has 5 rings (SSSR count). The number of hydrogen-bond acceptors (Lipinski definition) is 6. The van der Waals surface area contributed by atoms with Gasteiger partial charge in [0, 0.05) is 52.0 Å². The maximum Gasteiger partial charge on any atom is 0.252 e. The first-order valence-corrected chi connectivity index (χ1v) is 13.6. The van der Waals surface area contributed by atoms with E-state index in [1.807, 2.05) is 17.0 Å². The molecule has 0 radical (unpaired) electrons. The lowest BCUT2D eigenvalue weighted by atomic mass is 9.78. The molecule has 1 spiro atoms. The third-order valence-electron chi connectivity index (χ3n) is 7.55. The van der Waals surface area contributed by atoms with E-state index in [1.54, 1.807) is 46.2 Å². The Morgan fingerprint density at radius 2 is 1.91 bits per heavy atom. The molecule has 0 bridgehead atoms. The van der Waals surface area contributed by atoms with Gasteiger partial charge in [0.05, 0.1) is 12.0 Å². The Balaban J connectivity index is 1.27. The summed E-state index contributed by atoms with van der Waals surface area (Å²) >= 11 is 1.25. The molecule has 2 aromatic rings. The molecular weight excluding hydrogens is 460 g/mol. The Labute approximate surface area is 198 Å². The molecule has 33 heavy (non-hydrogen) atoms. The molecule has 8 nitrogen and oxygen atoms in total. The SMILES string of the molecule is CN1C(=O)C[C@@H](C(=O)N2CCC3(CCN(S(=O)(=O)c4cccs4)CC3)C2)[C@@H]1c1cccnc1. The van der Waals surface area contributed by atoms with Gasteiger partial charge in [-0.2, -0.15) is 4.31 Å². The van der Waals surface area contributed by atoms with Gasteiger partial charge < -0.3 is 9.80 Å². The van der Waals surface area contributed by atoms with E-state index in [0.29, 0.717) is 30.4 Å². The van der Waals surface area contributed by atoms with Gasteiger partial charge in [-0.15, -0.1) is 11.3 Å². The molecule has 0 aromatic carbocycles. The van der Waals surface area contributed by atoms with Gasteiger partial charge in [0.1, 0.15) is 4.21 Å². The van der Waals surface area contributed by atoms with Crippen LogP contribution in [0.5, 0.6) is 0 Å². The fourth-order valence-electron chi connectivity index (χ4n) is 5.60. The second-order valence-corrected chi connectivity index (χ2v) is 12.5. The fourth-order valence-corrected chi connectivity index (χ4v) is 8.19. The molecule has 0 N–H and O–H groups in total. The zero-order valence-corrected chi connectivity index (χ0v) is 20.2. The van der Waals surface area contributed by atoms with Gasteiger partial charge in [-0.25, -0.2) is 8.42 Å². The van der Waals surface area contributed by atoms with Crippen LogP contribution < -0.4 is 0 Å². The van der Waals surface area contributed by atoms with Crippen LogP contribution in [-0.2, 0) is 19.6 Å². The monoisotopic (exact) mass is 488 g/mol. The van der Waals surface area contributed by atoms with Crippen LogP contribution in [0.1, 0.15) is 37.3 Å². The van der Waals surface area contributed by atoms with Crippen LogP contribution in [0.2, 0.25) is 0 Å². The van der Waals surface area contributed by atoms with Crippen molar-refractivity contribution in [2.45, 2.75) is 35.9 Å². The topological polar surface area (TPSA) is 90.9 Å². The molecule has 2 amide bonds. The standard InChI is InChI=1S/C23H28N4O4S2/c1-25-19(28)14-18(21(25)17-4-2-9-24-15-17)22(29)26-10-6-23(16-26)7-11-27(12-8-23)33(30,31)20-5-3-13-32-20/h2-5,9,13,15,18,21H,6-8,10-12,14,16H2,1H3/t18-,21+/m1/s1. The van der Waals surface area contributed by atoms with Crippen molar-refractivity contribution in [2.75, 3.05) is 33.2 Å². The maximum atomic E-state index is 13.5. The Kier molecular flexibility index (Phi) is 5.78. The minimum absolute atomic E-state index is 0.0204. The summed E-state index contributed by atoms with van der Waals surface area (Å²) in [6.45, 7) is 2.24. The molecule has 0 unspecified atom stereocenters. The molecule has 176 valence electrons. The van der Waals surface area contributed by atoms with E-state index in [4.69, 9.17) is 0 Å². The molecule has 2 aromatic heterocycles. The summed E-state index contributed by atoms with van der Waals surface area (Å²) in [5.74, 6) is -0.420. The van der Waals surface area contributed by atoms with Crippen molar-refractivity contribution < 1.29 is 18.0 Å². The Bertz CT molecular complexity index is 1130. The van der Waals surface area contributed by atoms with Crippen molar-refractivity contribution in [1.82, 2.24) is 19.1 Å². The van der Waals surface area contributed by atoms with E-state index >= 15 is 0 Å². The molecule has 3 aliphatic heterocycles. The summed E-state index contributed by atoms with van der Waals surface area (Å²) in [5, 5.41) is 1.78. The van der Waals surface area contributed by atoms with Gasteiger partial charge in [-0.1, -0.05) is 12.1 Å². The first-order valence-electron chi connectivity index (χ1n) is 11.3. The van der Waals surface area contributed by atoms with Crippen LogP contribution in [0.15, 0.2) is 46.2 Å². The first-order chi connectivity index (χ1) is 15.8. The predicted molar refractivity (Wildman–Crippen MR) is 124 cm³/mol. The van der Waals surface area contributed by atoms with Crippen LogP contribution in [0.3, 0.4) is 0 Å². The smallest absolute Gasteiger partial charge is 0.252 e. The molecule has 5 heterocycles. The van der Waals surface area contributed by atoms with E-state index in [2.05, 4.69) is 4.98 Å². The fraction of sp³-hybridized carbons (Fsp3) is 0.522. The van der Waals surface area contributed by atoms with Gasteiger partial charge in [-0.3, -0.25) is 14.6 Å². The number of nitrogens with zero attached hydrogens (tertiary/aromatic N) is 4. The van der Waals surface area contributed by atoms with Gasteiger partial charge in [0.25, 0.3) is 10.0 Å². The van der Waals surface area contributed by atoms with Crippen LogP contribution in [-0.4, -0.2) is 72.5 Å². The number of carbonyl (C=O) groups is 2. The number of carbonyl (C=O) groups excluding carboxylic acids is 2. The zero-order valence-electron chi connectivity index (χ0n) is 18.6. The molecule has 2 atom stereocenters. The number of aromatic nitrogens is 1. The van der Waals surface area contributed by atoms with Crippen LogP contribution >= 0.6 is 11.3 Å². The molecule has 0 saturated carbocycles. The highest BCUT2D eigenvalue weighted by molar-refractivity contribution is 7.91. The van der Waals surface area contributed by atoms with Crippen LogP contribution in [0.25, 0.3) is 0 Å². The average Bonchev–Trinajstić information content (AvgIpc) is 3.56. The second kappa shape index (κ2) is 8.48. The quantitative estimate of drug-likeness (QED) is 0.659. The summed E-state index contributed by atoms with van der Waals surface area (Å²) in [5.41, 5.74) is 0.834. The lowest BCUT2D eigenvalue weighted by Gasteiger charge is -2.38. The average molecular weight is 489 g/mol. The van der Waals surface area contributed by atoms with Crippen LogP contribution in [0, 0.1) is 11.3 Å². The summed E-state index contributed by atoms with van der Waals surface area (Å²) in [7, 11) is -1.68. The summed E-state index contributed by atoms with van der Waals surface area (Å²) in [6.07, 6.45) is 6.00. The van der Waals surface area contributed by atoms with E-state index in [1.165, 1.54) is 11.3 Å². The van der Waals surface area contributed by atoms with Gasteiger partial charge >= 0.3 is 0 Å². The highest BCUT2D eigenvalue weighted by Gasteiger charge is 2.49. The lowest BCUT2D eigenvalue weighted by Crippen LogP contribution is -2.45. The van der Waals surface area contributed by atoms with E-state index < -0.39 is 15.9 Å². The third-order valence-corrected chi connectivity index (χ3v) is 10.8.